The van der Waals surface area contributed by atoms with E-state index in [4.69, 9.17) is 4.74 Å². The molecule has 0 radical (unpaired) electrons. The van der Waals surface area contributed by atoms with Crippen LogP contribution in [0.2, 0.25) is 0 Å². The van der Waals surface area contributed by atoms with Gasteiger partial charge < -0.3 is 19.5 Å². The van der Waals surface area contributed by atoms with E-state index in [0.717, 1.165) is 43.5 Å². The van der Waals surface area contributed by atoms with E-state index in [1.165, 1.54) is 0 Å². The molecule has 3 heterocycles. The van der Waals surface area contributed by atoms with Crippen LogP contribution in [0.3, 0.4) is 0 Å². The number of ether oxygens (including phenoxy) is 1. The normalized spacial score (nSPS) is 20.8. The van der Waals surface area contributed by atoms with Crippen molar-refractivity contribution in [3.05, 3.63) is 36.2 Å². The van der Waals surface area contributed by atoms with Crippen LogP contribution in [0.4, 0.5) is 5.95 Å². The van der Waals surface area contributed by atoms with Gasteiger partial charge in [-0.15, -0.1) is 0 Å². The highest BCUT2D eigenvalue weighted by molar-refractivity contribution is 5.26. The van der Waals surface area contributed by atoms with Gasteiger partial charge in [-0.1, -0.05) is 0 Å². The van der Waals surface area contributed by atoms with Crippen molar-refractivity contribution in [2.75, 3.05) is 32.1 Å². The van der Waals surface area contributed by atoms with Crippen LogP contribution in [0, 0.1) is 5.92 Å². The van der Waals surface area contributed by atoms with Gasteiger partial charge in [0.2, 0.25) is 5.95 Å². The fourth-order valence-corrected chi connectivity index (χ4v) is 2.85. The summed E-state index contributed by atoms with van der Waals surface area (Å²) >= 11 is 0. The first-order valence-electron chi connectivity index (χ1n) is 7.93. The predicted octanol–water partition coefficient (Wildman–Crippen LogP) is 1.14. The molecule has 3 rings (SSSR count). The number of hydrogen-bond acceptors (Lipinski definition) is 6. The molecule has 23 heavy (non-hydrogen) atoms. The summed E-state index contributed by atoms with van der Waals surface area (Å²) in [6.45, 7) is 2.45. The molecule has 2 aromatic heterocycles. The van der Waals surface area contributed by atoms with Gasteiger partial charge in [0.15, 0.2) is 0 Å². The van der Waals surface area contributed by atoms with Gasteiger partial charge in [0.25, 0.3) is 0 Å². The van der Waals surface area contributed by atoms with Gasteiger partial charge in [0.1, 0.15) is 11.9 Å². The summed E-state index contributed by atoms with van der Waals surface area (Å²) in [5.74, 6) is 2.18. The molecule has 1 N–H and O–H groups in total. The molecule has 0 saturated carbocycles. The van der Waals surface area contributed by atoms with Crippen LogP contribution in [-0.2, 0) is 18.3 Å². The topological polar surface area (TPSA) is 68.1 Å². The fraction of sp³-hybridized carbons (Fsp3) is 0.562. The van der Waals surface area contributed by atoms with Gasteiger partial charge in [0.05, 0.1) is 0 Å². The Balaban J connectivity index is 1.53. The SMILES string of the molecule is CN(C)c1ncc(CNC[C@@H]2CCO[C@H]2c2nccn2C)cn1. The third-order valence-corrected chi connectivity index (χ3v) is 4.15. The summed E-state index contributed by atoms with van der Waals surface area (Å²) < 4.78 is 7.92. The number of nitrogens with zero attached hydrogens (tertiary/aromatic N) is 5. The molecule has 0 spiro atoms. The minimum atomic E-state index is 0.0786. The minimum absolute atomic E-state index is 0.0786. The Morgan fingerprint density at radius 2 is 2.09 bits per heavy atom. The smallest absolute Gasteiger partial charge is 0.224 e. The number of rotatable bonds is 6. The molecule has 1 fully saturated rings. The summed E-state index contributed by atoms with van der Waals surface area (Å²) in [6, 6.07) is 0. The van der Waals surface area contributed by atoms with Crippen LogP contribution in [0.5, 0.6) is 0 Å². The molecule has 0 bridgehead atoms. The molecule has 1 aliphatic rings. The van der Waals surface area contributed by atoms with E-state index >= 15 is 0 Å². The molecule has 0 aromatic carbocycles. The molecule has 1 saturated heterocycles. The monoisotopic (exact) mass is 316 g/mol. The number of aryl methyl sites for hydroxylation is 1. The van der Waals surface area contributed by atoms with Gasteiger partial charge in [-0.05, 0) is 6.42 Å². The van der Waals surface area contributed by atoms with Crippen LogP contribution in [-0.4, -0.2) is 46.8 Å². The van der Waals surface area contributed by atoms with E-state index < -0.39 is 0 Å². The van der Waals surface area contributed by atoms with Crippen molar-refractivity contribution in [2.24, 2.45) is 13.0 Å². The van der Waals surface area contributed by atoms with Crippen LogP contribution in [0.15, 0.2) is 24.8 Å². The largest absolute Gasteiger partial charge is 0.370 e. The van der Waals surface area contributed by atoms with Gasteiger partial charge in [0, 0.05) is 77.1 Å². The van der Waals surface area contributed by atoms with Crippen molar-refractivity contribution in [2.45, 2.75) is 19.1 Å². The Kier molecular flexibility index (Phi) is 4.88. The standard InChI is InChI=1S/C16H24N6O/c1-21(2)16-19-9-12(10-20-16)8-17-11-13-4-7-23-14(13)15-18-5-6-22(15)3/h5-6,9-10,13-14,17H,4,7-8,11H2,1-3H3/t13-,14+/m0/s1. The van der Waals surface area contributed by atoms with Gasteiger partial charge in [-0.3, -0.25) is 0 Å². The zero-order valence-electron chi connectivity index (χ0n) is 13.9. The van der Waals surface area contributed by atoms with Crippen molar-refractivity contribution in [3.63, 3.8) is 0 Å². The first-order valence-corrected chi connectivity index (χ1v) is 7.93. The lowest BCUT2D eigenvalue weighted by atomic mass is 10.0. The zero-order chi connectivity index (χ0) is 16.2. The van der Waals surface area contributed by atoms with E-state index in [2.05, 4.69) is 20.3 Å². The number of anilines is 1. The lowest BCUT2D eigenvalue weighted by Crippen LogP contribution is -2.26. The Hall–Kier alpha value is -1.99. The Labute approximate surface area is 136 Å². The Morgan fingerprint density at radius 1 is 1.30 bits per heavy atom. The second kappa shape index (κ2) is 7.06. The summed E-state index contributed by atoms with van der Waals surface area (Å²) in [5, 5.41) is 3.49. The average molecular weight is 316 g/mol. The van der Waals surface area contributed by atoms with E-state index in [1.807, 2.05) is 55.4 Å². The van der Waals surface area contributed by atoms with Gasteiger partial charge in [-0.25, -0.2) is 15.0 Å². The highest BCUT2D eigenvalue weighted by Gasteiger charge is 2.31. The maximum Gasteiger partial charge on any atom is 0.224 e. The molecule has 0 amide bonds. The number of hydrogen-bond donors (Lipinski definition) is 1. The summed E-state index contributed by atoms with van der Waals surface area (Å²) in [6.07, 6.45) is 8.67. The van der Waals surface area contributed by atoms with Crippen molar-refractivity contribution in [1.29, 1.82) is 0 Å². The minimum Gasteiger partial charge on any atom is -0.370 e. The van der Waals surface area contributed by atoms with Crippen molar-refractivity contribution < 1.29 is 4.74 Å². The molecule has 124 valence electrons. The summed E-state index contributed by atoms with van der Waals surface area (Å²) in [4.78, 5) is 15.0. The molecule has 2 aromatic rings. The lowest BCUT2D eigenvalue weighted by molar-refractivity contribution is 0.0811. The number of aromatic nitrogens is 4. The van der Waals surface area contributed by atoms with E-state index in [0.29, 0.717) is 5.92 Å². The zero-order valence-corrected chi connectivity index (χ0v) is 13.9. The molecular weight excluding hydrogens is 292 g/mol. The quantitative estimate of drug-likeness (QED) is 0.862. The predicted molar refractivity (Wildman–Crippen MR) is 88.1 cm³/mol. The van der Waals surface area contributed by atoms with Gasteiger partial charge in [-0.2, -0.15) is 0 Å². The van der Waals surface area contributed by atoms with Crippen molar-refractivity contribution >= 4 is 5.95 Å². The highest BCUT2D eigenvalue weighted by Crippen LogP contribution is 2.32. The van der Waals surface area contributed by atoms with Crippen LogP contribution >= 0.6 is 0 Å². The average Bonchev–Trinajstić information content (AvgIpc) is 3.16. The maximum atomic E-state index is 5.88. The second-order valence-electron chi connectivity index (χ2n) is 6.15. The molecule has 0 unspecified atom stereocenters. The van der Waals surface area contributed by atoms with Crippen molar-refractivity contribution in [1.82, 2.24) is 24.8 Å². The summed E-state index contributed by atoms with van der Waals surface area (Å²) in [7, 11) is 5.88. The first kappa shape index (κ1) is 15.9. The highest BCUT2D eigenvalue weighted by atomic mass is 16.5. The van der Waals surface area contributed by atoms with E-state index in [1.54, 1.807) is 0 Å². The van der Waals surface area contributed by atoms with Gasteiger partial charge >= 0.3 is 0 Å². The lowest BCUT2D eigenvalue weighted by Gasteiger charge is -2.18. The Bertz CT molecular complexity index is 624. The molecule has 2 atom stereocenters. The molecule has 0 aliphatic carbocycles. The first-order chi connectivity index (χ1) is 11.1. The van der Waals surface area contributed by atoms with Crippen LogP contribution in [0.25, 0.3) is 0 Å². The number of nitrogens with one attached hydrogen (secondary N) is 1. The van der Waals surface area contributed by atoms with E-state index in [-0.39, 0.29) is 6.10 Å². The third-order valence-electron chi connectivity index (χ3n) is 4.15. The summed E-state index contributed by atoms with van der Waals surface area (Å²) in [5.41, 5.74) is 1.09. The fourth-order valence-electron chi connectivity index (χ4n) is 2.85. The number of imidazole rings is 1. The van der Waals surface area contributed by atoms with E-state index in [9.17, 15) is 0 Å². The molecule has 1 aliphatic heterocycles. The third kappa shape index (κ3) is 3.68. The maximum absolute atomic E-state index is 5.88. The van der Waals surface area contributed by atoms with Crippen molar-refractivity contribution in [3.8, 4) is 0 Å². The van der Waals surface area contributed by atoms with Crippen LogP contribution < -0.4 is 10.2 Å². The second-order valence-corrected chi connectivity index (χ2v) is 6.15. The molecule has 7 nitrogen and oxygen atoms in total. The molecule has 7 heteroatoms. The van der Waals surface area contributed by atoms with Crippen LogP contribution in [0.1, 0.15) is 23.9 Å². The molecular formula is C16H24N6O. The Morgan fingerprint density at radius 3 is 2.74 bits per heavy atom.